The molecule has 0 bridgehead atoms. The molecule has 1 N–H and O–H groups in total. The van der Waals surface area contributed by atoms with Crippen LogP contribution in [0.1, 0.15) is 25.8 Å². The van der Waals surface area contributed by atoms with Crippen molar-refractivity contribution in [3.05, 3.63) is 63.1 Å². The highest BCUT2D eigenvalue weighted by molar-refractivity contribution is 7.92. The molecule has 0 heterocycles. The molecule has 0 aromatic heterocycles. The van der Waals surface area contributed by atoms with Gasteiger partial charge in [-0.05, 0) is 37.6 Å². The minimum Gasteiger partial charge on any atom is -0.354 e. The van der Waals surface area contributed by atoms with Gasteiger partial charge in [0.2, 0.25) is 21.8 Å². The summed E-state index contributed by atoms with van der Waals surface area (Å²) in [5.41, 5.74) is 0.613. The van der Waals surface area contributed by atoms with Crippen LogP contribution in [0.3, 0.4) is 0 Å². The summed E-state index contributed by atoms with van der Waals surface area (Å²) in [4.78, 5) is 27.4. The number of para-hydroxylation sites is 1. The van der Waals surface area contributed by atoms with Gasteiger partial charge in [-0.15, -0.1) is 0 Å². The molecule has 2 aromatic rings. The molecule has 0 aliphatic carbocycles. The van der Waals surface area contributed by atoms with E-state index < -0.39 is 28.5 Å². The zero-order valence-corrected chi connectivity index (χ0v) is 21.6. The van der Waals surface area contributed by atoms with E-state index in [4.69, 9.17) is 34.8 Å². The molecule has 0 spiro atoms. The molecule has 0 saturated carbocycles. The van der Waals surface area contributed by atoms with Crippen LogP contribution in [0, 0.1) is 0 Å². The van der Waals surface area contributed by atoms with Crippen molar-refractivity contribution in [2.75, 3.05) is 23.7 Å². The van der Waals surface area contributed by atoms with Crippen LogP contribution < -0.4 is 9.62 Å². The summed E-state index contributed by atoms with van der Waals surface area (Å²) in [5, 5.41) is 3.58. The van der Waals surface area contributed by atoms with Gasteiger partial charge >= 0.3 is 0 Å². The van der Waals surface area contributed by atoms with Crippen molar-refractivity contribution >= 4 is 62.3 Å². The van der Waals surface area contributed by atoms with E-state index in [0.29, 0.717) is 22.2 Å². The van der Waals surface area contributed by atoms with Gasteiger partial charge in [0.05, 0.1) is 17.0 Å². The largest absolute Gasteiger partial charge is 0.354 e. The number of sulfonamides is 1. The smallest absolute Gasteiger partial charge is 0.244 e. The average Bonchev–Trinajstić information content (AvgIpc) is 2.75. The number of halogens is 3. The van der Waals surface area contributed by atoms with E-state index in [-0.39, 0.29) is 23.2 Å². The van der Waals surface area contributed by atoms with E-state index in [0.717, 1.165) is 17.0 Å². The molecule has 180 valence electrons. The minimum absolute atomic E-state index is 0.0851. The van der Waals surface area contributed by atoms with Gasteiger partial charge < -0.3 is 10.2 Å². The Labute approximate surface area is 209 Å². The third-order valence-electron chi connectivity index (χ3n) is 4.91. The number of carbonyl (C=O) groups is 2. The van der Waals surface area contributed by atoms with Gasteiger partial charge in [-0.25, -0.2) is 8.42 Å². The number of anilines is 1. The maximum atomic E-state index is 13.4. The Hall–Kier alpha value is -2.00. The fourth-order valence-electron chi connectivity index (χ4n) is 3.08. The molecule has 7 nitrogen and oxygen atoms in total. The Kier molecular flexibility index (Phi) is 9.84. The molecule has 2 aromatic carbocycles. The molecule has 0 aliphatic rings. The Morgan fingerprint density at radius 2 is 1.58 bits per heavy atom. The lowest BCUT2D eigenvalue weighted by atomic mass is 10.1. The number of amides is 2. The highest BCUT2D eigenvalue weighted by Gasteiger charge is 2.31. The lowest BCUT2D eigenvalue weighted by Crippen LogP contribution is -2.51. The van der Waals surface area contributed by atoms with Crippen LogP contribution in [0.15, 0.2) is 42.5 Å². The van der Waals surface area contributed by atoms with Crippen molar-refractivity contribution in [2.24, 2.45) is 0 Å². The Bertz CT molecular complexity index is 1090. The summed E-state index contributed by atoms with van der Waals surface area (Å²) in [6, 6.07) is 10.3. The van der Waals surface area contributed by atoms with Gasteiger partial charge in [-0.2, -0.15) is 0 Å². The number of carbonyl (C=O) groups excluding carboxylic acids is 2. The highest BCUT2D eigenvalue weighted by atomic mass is 35.5. The summed E-state index contributed by atoms with van der Waals surface area (Å²) in [5.74, 6) is -0.993. The van der Waals surface area contributed by atoms with E-state index in [9.17, 15) is 18.0 Å². The number of nitrogens with one attached hydrogen (secondary N) is 1. The number of rotatable bonds is 10. The van der Waals surface area contributed by atoms with Crippen LogP contribution in [0.4, 0.5) is 5.69 Å². The highest BCUT2D eigenvalue weighted by Crippen LogP contribution is 2.29. The second-order valence-electron chi connectivity index (χ2n) is 7.41. The van der Waals surface area contributed by atoms with Crippen molar-refractivity contribution in [2.45, 2.75) is 32.9 Å². The molecule has 1 atom stereocenters. The first-order valence-electron chi connectivity index (χ1n) is 10.2. The second-order valence-corrected chi connectivity index (χ2v) is 10.5. The van der Waals surface area contributed by atoms with Crippen molar-refractivity contribution in [1.82, 2.24) is 10.2 Å². The SMILES string of the molecule is CCCNC(=O)[C@H](C)N(Cc1c(Cl)cccc1Cl)C(=O)CN(c1ccccc1Cl)S(C)(=O)=O. The molecule has 0 unspecified atom stereocenters. The fourth-order valence-corrected chi connectivity index (χ4v) is 4.75. The zero-order chi connectivity index (χ0) is 24.8. The molecule has 0 fully saturated rings. The maximum Gasteiger partial charge on any atom is 0.244 e. The standard InChI is InChI=1S/C22H26Cl3N3O4S/c1-4-12-26-22(30)15(2)27(13-16-17(23)9-7-10-18(16)24)21(29)14-28(33(3,31)32)20-11-6-5-8-19(20)25/h5-11,15H,4,12-14H2,1-3H3,(H,26,30)/t15-/m0/s1. The second kappa shape index (κ2) is 11.9. The number of hydrogen-bond donors (Lipinski definition) is 1. The van der Waals surface area contributed by atoms with Crippen LogP contribution >= 0.6 is 34.8 Å². The van der Waals surface area contributed by atoms with Crippen LogP contribution in [-0.2, 0) is 26.2 Å². The van der Waals surface area contributed by atoms with Gasteiger partial charge in [0.15, 0.2) is 0 Å². The van der Waals surface area contributed by atoms with Gasteiger partial charge in [0.25, 0.3) is 0 Å². The molecular weight excluding hydrogens is 509 g/mol. The molecule has 2 rings (SSSR count). The lowest BCUT2D eigenvalue weighted by Gasteiger charge is -2.32. The molecule has 33 heavy (non-hydrogen) atoms. The van der Waals surface area contributed by atoms with E-state index >= 15 is 0 Å². The Balaban J connectivity index is 2.45. The maximum absolute atomic E-state index is 13.4. The molecule has 11 heteroatoms. The van der Waals surface area contributed by atoms with E-state index in [2.05, 4.69) is 5.32 Å². The number of hydrogen-bond acceptors (Lipinski definition) is 4. The Morgan fingerprint density at radius 3 is 2.12 bits per heavy atom. The van der Waals surface area contributed by atoms with Crippen molar-refractivity contribution < 1.29 is 18.0 Å². The zero-order valence-electron chi connectivity index (χ0n) is 18.5. The van der Waals surface area contributed by atoms with Gasteiger partial charge in [0, 0.05) is 28.7 Å². The van der Waals surface area contributed by atoms with E-state index in [1.165, 1.54) is 17.0 Å². The topological polar surface area (TPSA) is 86.8 Å². The summed E-state index contributed by atoms with van der Waals surface area (Å²) < 4.78 is 26.0. The summed E-state index contributed by atoms with van der Waals surface area (Å²) in [6.07, 6.45) is 1.70. The van der Waals surface area contributed by atoms with Crippen LogP contribution in [0.25, 0.3) is 0 Å². The third-order valence-corrected chi connectivity index (χ3v) is 7.06. The quantitative estimate of drug-likeness (QED) is 0.491. The van der Waals surface area contributed by atoms with Gasteiger partial charge in [-0.1, -0.05) is 59.9 Å². The number of nitrogens with zero attached hydrogens (tertiary/aromatic N) is 2. The van der Waals surface area contributed by atoms with E-state index in [1.54, 1.807) is 37.3 Å². The fraction of sp³-hybridized carbons (Fsp3) is 0.364. The van der Waals surface area contributed by atoms with Crippen LogP contribution in [-0.4, -0.2) is 50.5 Å². The van der Waals surface area contributed by atoms with E-state index in [1.807, 2.05) is 6.92 Å². The van der Waals surface area contributed by atoms with Gasteiger partial charge in [-0.3, -0.25) is 13.9 Å². The summed E-state index contributed by atoms with van der Waals surface area (Å²) in [7, 11) is -3.87. The van der Waals surface area contributed by atoms with Crippen molar-refractivity contribution in [3.63, 3.8) is 0 Å². The lowest BCUT2D eigenvalue weighted by molar-refractivity contribution is -0.139. The van der Waals surface area contributed by atoms with Crippen molar-refractivity contribution in [3.8, 4) is 0 Å². The van der Waals surface area contributed by atoms with Crippen LogP contribution in [0.2, 0.25) is 15.1 Å². The van der Waals surface area contributed by atoms with Crippen molar-refractivity contribution in [1.29, 1.82) is 0 Å². The predicted molar refractivity (Wildman–Crippen MR) is 133 cm³/mol. The third kappa shape index (κ3) is 7.24. The number of benzene rings is 2. The molecule has 0 radical (unpaired) electrons. The summed E-state index contributed by atoms with van der Waals surface area (Å²) >= 11 is 18.8. The minimum atomic E-state index is -3.87. The molecule has 0 saturated heterocycles. The van der Waals surface area contributed by atoms with Crippen LogP contribution in [0.5, 0.6) is 0 Å². The molecular formula is C22H26Cl3N3O4S. The first kappa shape index (κ1) is 27.2. The monoisotopic (exact) mass is 533 g/mol. The first-order valence-corrected chi connectivity index (χ1v) is 13.2. The predicted octanol–water partition coefficient (Wildman–Crippen LogP) is 4.36. The normalized spacial score (nSPS) is 12.2. The first-order chi connectivity index (χ1) is 15.5. The summed E-state index contributed by atoms with van der Waals surface area (Å²) in [6.45, 7) is 3.26. The molecule has 2 amide bonds. The average molecular weight is 535 g/mol. The van der Waals surface area contributed by atoms with Gasteiger partial charge in [0.1, 0.15) is 12.6 Å². The Morgan fingerprint density at radius 1 is 1.00 bits per heavy atom. The molecule has 0 aliphatic heterocycles.